The van der Waals surface area contributed by atoms with Gasteiger partial charge in [-0.2, -0.15) is 0 Å². The van der Waals surface area contributed by atoms with Crippen molar-refractivity contribution in [1.82, 2.24) is 4.90 Å². The van der Waals surface area contributed by atoms with E-state index >= 15 is 0 Å². The summed E-state index contributed by atoms with van der Waals surface area (Å²) in [6.45, 7) is 3.89. The minimum Gasteiger partial charge on any atom is -0.322 e. The summed E-state index contributed by atoms with van der Waals surface area (Å²) in [5.74, 6) is -0.851. The van der Waals surface area contributed by atoms with E-state index < -0.39 is 11.6 Å². The average molecular weight is 361 g/mol. The molecule has 1 atom stereocenters. The zero-order chi connectivity index (χ0) is 19.0. The lowest BCUT2D eigenvalue weighted by molar-refractivity contribution is -0.128. The number of carbonyl (C=O) groups is 3. The smallest absolute Gasteiger partial charge is 0.271 e. The summed E-state index contributed by atoms with van der Waals surface area (Å²) in [6, 6.07) is 15.9. The third kappa shape index (κ3) is 2.44. The lowest BCUT2D eigenvalue weighted by Crippen LogP contribution is -2.69. The van der Waals surface area contributed by atoms with Crippen molar-refractivity contribution in [2.24, 2.45) is 0 Å². The normalized spacial score (nSPS) is 20.9. The van der Waals surface area contributed by atoms with Gasteiger partial charge in [0.1, 0.15) is 0 Å². The molecule has 3 amide bonds. The van der Waals surface area contributed by atoms with Crippen LogP contribution in [-0.2, 0) is 9.59 Å². The van der Waals surface area contributed by atoms with Gasteiger partial charge in [0.05, 0.1) is 11.3 Å². The molecule has 2 heterocycles. The Morgan fingerprint density at radius 2 is 1.81 bits per heavy atom. The van der Waals surface area contributed by atoms with E-state index in [0.29, 0.717) is 16.9 Å². The molecule has 0 bridgehead atoms. The Kier molecular flexibility index (Phi) is 4.03. The first kappa shape index (κ1) is 17.0. The molecule has 136 valence electrons. The van der Waals surface area contributed by atoms with Crippen molar-refractivity contribution < 1.29 is 14.4 Å². The van der Waals surface area contributed by atoms with Gasteiger partial charge in [-0.3, -0.25) is 19.3 Å². The molecule has 27 heavy (non-hydrogen) atoms. The van der Waals surface area contributed by atoms with Crippen molar-refractivity contribution in [3.8, 4) is 0 Å². The maximum atomic E-state index is 13.4. The van der Waals surface area contributed by atoms with Gasteiger partial charge in [-0.15, -0.1) is 6.58 Å². The maximum absolute atomic E-state index is 13.4. The van der Waals surface area contributed by atoms with Crippen molar-refractivity contribution in [2.45, 2.75) is 18.5 Å². The summed E-state index contributed by atoms with van der Waals surface area (Å²) in [5, 5.41) is 2.87. The quantitative estimate of drug-likeness (QED) is 0.852. The number of para-hydroxylation sites is 2. The second-order valence-corrected chi connectivity index (χ2v) is 6.59. The molecule has 2 aliphatic rings. The topological polar surface area (TPSA) is 69.7 Å². The van der Waals surface area contributed by atoms with Crippen LogP contribution in [0.5, 0.6) is 0 Å². The van der Waals surface area contributed by atoms with Crippen molar-refractivity contribution in [1.29, 1.82) is 0 Å². The minimum atomic E-state index is -1.40. The van der Waals surface area contributed by atoms with E-state index in [2.05, 4.69) is 11.9 Å². The highest BCUT2D eigenvalue weighted by molar-refractivity contribution is 6.18. The van der Waals surface area contributed by atoms with Gasteiger partial charge in [0.2, 0.25) is 11.6 Å². The number of anilines is 2. The Morgan fingerprint density at radius 1 is 1.11 bits per heavy atom. The summed E-state index contributed by atoms with van der Waals surface area (Å²) in [5.41, 5.74) is 0.110. The minimum absolute atomic E-state index is 0.166. The fourth-order valence-corrected chi connectivity index (χ4v) is 3.92. The first-order valence-corrected chi connectivity index (χ1v) is 8.81. The third-order valence-corrected chi connectivity index (χ3v) is 5.08. The van der Waals surface area contributed by atoms with Crippen LogP contribution in [0.15, 0.2) is 67.3 Å². The summed E-state index contributed by atoms with van der Waals surface area (Å²) < 4.78 is 0. The number of rotatable bonds is 4. The monoisotopic (exact) mass is 361 g/mol. The number of nitrogens with zero attached hydrogens (tertiary/aromatic N) is 2. The fourth-order valence-electron chi connectivity index (χ4n) is 3.92. The number of hydrogen-bond donors (Lipinski definition) is 1. The van der Waals surface area contributed by atoms with Crippen molar-refractivity contribution in [3.05, 3.63) is 72.8 Å². The van der Waals surface area contributed by atoms with Crippen LogP contribution < -0.4 is 10.2 Å². The summed E-state index contributed by atoms with van der Waals surface area (Å²) in [4.78, 5) is 42.3. The number of nitrogens with one attached hydrogen (secondary N) is 1. The van der Waals surface area contributed by atoms with E-state index in [0.717, 1.165) is 0 Å². The molecule has 4 rings (SSSR count). The maximum Gasteiger partial charge on any atom is 0.271 e. The molecule has 1 fully saturated rings. The molecule has 0 saturated carbocycles. The second-order valence-electron chi connectivity index (χ2n) is 6.59. The van der Waals surface area contributed by atoms with Crippen LogP contribution in [0.25, 0.3) is 0 Å². The summed E-state index contributed by atoms with van der Waals surface area (Å²) >= 11 is 0. The van der Waals surface area contributed by atoms with Crippen molar-refractivity contribution in [2.75, 3.05) is 16.8 Å². The molecular weight excluding hydrogens is 342 g/mol. The molecule has 1 N–H and O–H groups in total. The van der Waals surface area contributed by atoms with Crippen LogP contribution in [0.2, 0.25) is 0 Å². The van der Waals surface area contributed by atoms with Gasteiger partial charge in [0.15, 0.2) is 0 Å². The molecule has 0 radical (unpaired) electrons. The Morgan fingerprint density at radius 3 is 2.56 bits per heavy atom. The van der Waals surface area contributed by atoms with Crippen LogP contribution in [0.1, 0.15) is 23.2 Å². The molecule has 0 aromatic heterocycles. The number of amides is 3. The number of hydrogen-bond acceptors (Lipinski definition) is 3. The Labute approximate surface area is 157 Å². The SMILES string of the molecule is C=CCN1C(=O)c2ccccc2N2C(=O)CC[C@@]12C(=O)Nc1ccccc1. The predicted molar refractivity (Wildman–Crippen MR) is 102 cm³/mol. The zero-order valence-corrected chi connectivity index (χ0v) is 14.7. The molecule has 1 saturated heterocycles. The number of benzene rings is 2. The first-order chi connectivity index (χ1) is 13.1. The van der Waals surface area contributed by atoms with Crippen LogP contribution in [-0.4, -0.2) is 34.8 Å². The van der Waals surface area contributed by atoms with Gasteiger partial charge in [-0.25, -0.2) is 0 Å². The molecule has 6 nitrogen and oxygen atoms in total. The molecule has 2 aromatic carbocycles. The van der Waals surface area contributed by atoms with E-state index in [9.17, 15) is 14.4 Å². The third-order valence-electron chi connectivity index (χ3n) is 5.08. The van der Waals surface area contributed by atoms with Crippen LogP contribution in [0.4, 0.5) is 11.4 Å². The van der Waals surface area contributed by atoms with Crippen LogP contribution >= 0.6 is 0 Å². The predicted octanol–water partition coefficient (Wildman–Crippen LogP) is 2.79. The van der Waals surface area contributed by atoms with E-state index in [4.69, 9.17) is 0 Å². The van der Waals surface area contributed by atoms with Gasteiger partial charge >= 0.3 is 0 Å². The Bertz CT molecular complexity index is 941. The van der Waals surface area contributed by atoms with E-state index in [1.54, 1.807) is 42.5 Å². The van der Waals surface area contributed by atoms with Crippen molar-refractivity contribution in [3.63, 3.8) is 0 Å². The number of carbonyl (C=O) groups excluding carboxylic acids is 3. The highest BCUT2D eigenvalue weighted by Crippen LogP contribution is 2.44. The standard InChI is InChI=1S/C21H19N3O3/c1-2-14-23-19(26)16-10-6-7-11-17(16)24-18(25)12-13-21(23,24)20(27)22-15-8-4-3-5-9-15/h2-11H,1,12-14H2,(H,22,27)/t21-/m1/s1. The van der Waals surface area contributed by atoms with Gasteiger partial charge in [-0.05, 0) is 24.3 Å². The summed E-state index contributed by atoms with van der Waals surface area (Å²) in [6.07, 6.45) is 2.00. The zero-order valence-electron chi connectivity index (χ0n) is 14.7. The molecule has 2 aromatic rings. The molecule has 0 spiro atoms. The highest BCUT2D eigenvalue weighted by atomic mass is 16.2. The first-order valence-electron chi connectivity index (χ1n) is 8.81. The van der Waals surface area contributed by atoms with E-state index in [1.165, 1.54) is 9.80 Å². The molecule has 0 aliphatic carbocycles. The molecular formula is C21H19N3O3. The second kappa shape index (κ2) is 6.39. The molecule has 6 heteroatoms. The average Bonchev–Trinajstić information content (AvgIpc) is 3.04. The number of fused-ring (bicyclic) bond motifs is 3. The fraction of sp³-hybridized carbons (Fsp3) is 0.190. The highest BCUT2D eigenvalue weighted by Gasteiger charge is 2.60. The van der Waals surface area contributed by atoms with Crippen molar-refractivity contribution >= 4 is 29.1 Å². The van der Waals surface area contributed by atoms with Crippen LogP contribution in [0.3, 0.4) is 0 Å². The van der Waals surface area contributed by atoms with Crippen LogP contribution in [0, 0.1) is 0 Å². The van der Waals surface area contributed by atoms with Gasteiger partial charge in [-0.1, -0.05) is 36.4 Å². The van der Waals surface area contributed by atoms with E-state index in [1.807, 2.05) is 18.2 Å². The lowest BCUT2D eigenvalue weighted by atomic mass is 9.95. The Balaban J connectivity index is 1.86. The lowest BCUT2D eigenvalue weighted by Gasteiger charge is -2.48. The summed E-state index contributed by atoms with van der Waals surface area (Å²) in [7, 11) is 0. The van der Waals surface area contributed by atoms with Gasteiger partial charge < -0.3 is 10.2 Å². The van der Waals surface area contributed by atoms with Gasteiger partial charge in [0, 0.05) is 25.1 Å². The molecule has 2 aliphatic heterocycles. The Hall–Kier alpha value is -3.41. The largest absolute Gasteiger partial charge is 0.322 e. The van der Waals surface area contributed by atoms with E-state index in [-0.39, 0.29) is 31.2 Å². The van der Waals surface area contributed by atoms with Gasteiger partial charge in [0.25, 0.3) is 11.8 Å². The molecule has 0 unspecified atom stereocenters.